The van der Waals surface area contributed by atoms with E-state index in [0.29, 0.717) is 0 Å². The number of carbonyl (C=O) groups is 2. The summed E-state index contributed by atoms with van der Waals surface area (Å²) < 4.78 is 16.6. The van der Waals surface area contributed by atoms with Crippen molar-refractivity contribution in [3.8, 4) is 0 Å². The average Bonchev–Trinajstić information content (AvgIpc) is 2.45. The van der Waals surface area contributed by atoms with Gasteiger partial charge in [-0.2, -0.15) is 5.01 Å². The molecule has 25 heavy (non-hydrogen) atoms. The maximum absolute atomic E-state index is 12.1. The monoisotopic (exact) mass is 370 g/mol. The number of rotatable bonds is 8. The highest BCUT2D eigenvalue weighted by atomic mass is 32.2. The number of nitrogens with one attached hydrogen (secondary N) is 1. The zero-order chi connectivity index (χ0) is 19.0. The van der Waals surface area contributed by atoms with Gasteiger partial charge in [0.05, 0.1) is 0 Å². The second kappa shape index (κ2) is 9.53. The Bertz CT molecular complexity index is 601. The molecule has 0 saturated heterocycles. The van der Waals surface area contributed by atoms with Crippen LogP contribution in [-0.2, 0) is 26.9 Å². The average molecular weight is 370 g/mol. The van der Waals surface area contributed by atoms with E-state index in [1.54, 1.807) is 20.8 Å². The molecular formula is C17H26N2O5S. The first kappa shape index (κ1) is 21.1. The predicted octanol–water partition coefficient (Wildman–Crippen LogP) is 2.15. The molecule has 140 valence electrons. The van der Waals surface area contributed by atoms with Gasteiger partial charge in [0.2, 0.25) is 0 Å². The van der Waals surface area contributed by atoms with E-state index < -0.39 is 34.5 Å². The number of carbonyl (C=O) groups excluding carboxylic acids is 1. The lowest BCUT2D eigenvalue weighted by Gasteiger charge is -2.30. The molecule has 7 nitrogen and oxygen atoms in total. The summed E-state index contributed by atoms with van der Waals surface area (Å²) in [5.74, 6) is -0.879. The molecule has 1 rings (SSSR count). The lowest BCUT2D eigenvalue weighted by atomic mass is 10.1. The molecule has 0 aliphatic rings. The molecule has 0 aromatic heterocycles. The molecule has 0 aliphatic heterocycles. The Hall–Kier alpha value is -1.93. The van der Waals surface area contributed by atoms with Crippen molar-refractivity contribution in [1.29, 1.82) is 0 Å². The Balaban J connectivity index is 2.96. The minimum absolute atomic E-state index is 0.140. The smallest absolute Gasteiger partial charge is 0.422 e. The first-order chi connectivity index (χ1) is 11.6. The van der Waals surface area contributed by atoms with Gasteiger partial charge in [0.25, 0.3) is 0 Å². The Morgan fingerprint density at radius 2 is 1.88 bits per heavy atom. The number of ether oxygens (including phenoxy) is 1. The van der Waals surface area contributed by atoms with Gasteiger partial charge in [-0.1, -0.05) is 30.3 Å². The largest absolute Gasteiger partial charge is 0.480 e. The van der Waals surface area contributed by atoms with Gasteiger partial charge in [0, 0.05) is 29.4 Å². The fourth-order valence-electron chi connectivity index (χ4n) is 2.12. The van der Waals surface area contributed by atoms with Crippen molar-refractivity contribution < 1.29 is 23.6 Å². The quantitative estimate of drug-likeness (QED) is 0.681. The summed E-state index contributed by atoms with van der Waals surface area (Å²) in [7, 11) is -1.13. The minimum Gasteiger partial charge on any atom is -0.480 e. The zero-order valence-electron chi connectivity index (χ0n) is 15.0. The van der Waals surface area contributed by atoms with Crippen LogP contribution in [0.1, 0.15) is 32.8 Å². The van der Waals surface area contributed by atoms with E-state index in [4.69, 9.17) is 4.74 Å². The summed E-state index contributed by atoms with van der Waals surface area (Å²) in [5.41, 5.74) is 2.65. The standard InChI is InChI=1S/C17H26N2O5S/c1-17(2,3)24-16(22)18-19(12-13-8-6-5-7-9-13)14(15(20)21)10-11-25(4)23/h5-9,14H,10-12H2,1-4H3,(H,18,22)(H,20,21)/t14-,25-/m0/s1. The molecule has 2 N–H and O–H groups in total. The van der Waals surface area contributed by atoms with E-state index in [0.717, 1.165) is 5.56 Å². The van der Waals surface area contributed by atoms with Crippen LogP contribution in [0.25, 0.3) is 0 Å². The van der Waals surface area contributed by atoms with Crippen LogP contribution in [0.15, 0.2) is 30.3 Å². The Morgan fingerprint density at radius 1 is 1.28 bits per heavy atom. The molecule has 0 heterocycles. The Morgan fingerprint density at radius 3 is 2.36 bits per heavy atom. The normalized spacial score (nSPS) is 14.0. The van der Waals surface area contributed by atoms with Crippen molar-refractivity contribution >= 4 is 22.9 Å². The molecule has 0 fully saturated rings. The first-order valence-corrected chi connectivity index (χ1v) is 9.64. The van der Waals surface area contributed by atoms with Gasteiger partial charge in [0.15, 0.2) is 0 Å². The van der Waals surface area contributed by atoms with Gasteiger partial charge >= 0.3 is 12.1 Å². The number of carboxylic acid groups (broad SMARTS) is 1. The molecule has 2 atom stereocenters. The minimum atomic E-state index is -1.13. The fraction of sp³-hybridized carbons (Fsp3) is 0.529. The van der Waals surface area contributed by atoms with Gasteiger partial charge in [0.1, 0.15) is 11.6 Å². The van der Waals surface area contributed by atoms with Crippen LogP contribution in [-0.4, -0.2) is 50.0 Å². The third-order valence-corrected chi connectivity index (χ3v) is 3.98. The summed E-state index contributed by atoms with van der Waals surface area (Å²) in [4.78, 5) is 23.8. The van der Waals surface area contributed by atoms with Crippen molar-refractivity contribution in [2.45, 2.75) is 45.4 Å². The topological polar surface area (TPSA) is 95.9 Å². The number of aliphatic carboxylic acids is 1. The fourth-order valence-corrected chi connectivity index (χ4v) is 2.67. The first-order valence-electron chi connectivity index (χ1n) is 7.91. The zero-order valence-corrected chi connectivity index (χ0v) is 15.8. The summed E-state index contributed by atoms with van der Waals surface area (Å²) in [6.07, 6.45) is 0.926. The van der Waals surface area contributed by atoms with Gasteiger partial charge in [-0.05, 0) is 32.8 Å². The molecular weight excluding hydrogens is 344 g/mol. The molecule has 0 aliphatic carbocycles. The van der Waals surface area contributed by atoms with E-state index >= 15 is 0 Å². The van der Waals surface area contributed by atoms with Crippen LogP contribution >= 0.6 is 0 Å². The molecule has 1 aromatic carbocycles. The number of hydrazine groups is 1. The van der Waals surface area contributed by atoms with E-state index in [9.17, 15) is 18.9 Å². The second-order valence-corrected chi connectivity index (χ2v) is 8.20. The highest BCUT2D eigenvalue weighted by Gasteiger charge is 2.29. The van der Waals surface area contributed by atoms with Crippen LogP contribution in [0.3, 0.4) is 0 Å². The summed E-state index contributed by atoms with van der Waals surface area (Å²) in [6, 6.07) is 8.16. The maximum Gasteiger partial charge on any atom is 0.422 e. The van der Waals surface area contributed by atoms with Gasteiger partial charge in [-0.3, -0.25) is 14.4 Å². The Labute approximate surface area is 150 Å². The van der Waals surface area contributed by atoms with Crippen molar-refractivity contribution in [3.63, 3.8) is 0 Å². The molecule has 0 radical (unpaired) electrons. The van der Waals surface area contributed by atoms with E-state index in [1.165, 1.54) is 11.3 Å². The molecule has 1 aromatic rings. The highest BCUT2D eigenvalue weighted by Crippen LogP contribution is 2.12. The molecule has 1 amide bonds. The van der Waals surface area contributed by atoms with Crippen molar-refractivity contribution in [2.75, 3.05) is 12.0 Å². The van der Waals surface area contributed by atoms with Crippen LogP contribution in [0, 0.1) is 0 Å². The van der Waals surface area contributed by atoms with Gasteiger partial charge in [-0.25, -0.2) is 4.79 Å². The number of hydrogen-bond donors (Lipinski definition) is 2. The van der Waals surface area contributed by atoms with Crippen molar-refractivity contribution in [3.05, 3.63) is 35.9 Å². The van der Waals surface area contributed by atoms with Crippen molar-refractivity contribution in [2.24, 2.45) is 0 Å². The van der Waals surface area contributed by atoms with Crippen LogP contribution in [0.4, 0.5) is 4.79 Å². The van der Waals surface area contributed by atoms with E-state index in [2.05, 4.69) is 5.43 Å². The third-order valence-electron chi connectivity index (χ3n) is 3.17. The molecule has 0 spiro atoms. The second-order valence-electron chi connectivity index (χ2n) is 6.65. The van der Waals surface area contributed by atoms with Crippen molar-refractivity contribution in [1.82, 2.24) is 10.4 Å². The predicted molar refractivity (Wildman–Crippen MR) is 96.3 cm³/mol. The molecule has 0 saturated carbocycles. The lowest BCUT2D eigenvalue weighted by molar-refractivity contribution is -0.145. The number of nitrogens with zero attached hydrogens (tertiary/aromatic N) is 1. The summed E-state index contributed by atoms with van der Waals surface area (Å²) in [6.45, 7) is 5.36. The molecule has 8 heteroatoms. The van der Waals surface area contributed by atoms with Crippen LogP contribution in [0.2, 0.25) is 0 Å². The Kier molecular flexibility index (Phi) is 8.05. The number of carboxylic acids is 1. The van der Waals surface area contributed by atoms with E-state index in [-0.39, 0.29) is 18.7 Å². The summed E-state index contributed by atoms with van der Waals surface area (Å²) >= 11 is 0. The van der Waals surface area contributed by atoms with Crippen LogP contribution < -0.4 is 5.43 Å². The maximum atomic E-state index is 12.1. The lowest BCUT2D eigenvalue weighted by Crippen LogP contribution is -2.52. The number of benzene rings is 1. The number of amides is 1. The highest BCUT2D eigenvalue weighted by molar-refractivity contribution is 7.84. The van der Waals surface area contributed by atoms with Gasteiger partial charge < -0.3 is 9.84 Å². The SMILES string of the molecule is C[S@](=O)CC[C@@H](C(=O)O)N(Cc1ccccc1)NC(=O)OC(C)(C)C. The number of hydrogen-bond acceptors (Lipinski definition) is 5. The third kappa shape index (κ3) is 8.64. The molecule has 0 bridgehead atoms. The molecule has 0 unspecified atom stereocenters. The summed E-state index contributed by atoms with van der Waals surface area (Å²) in [5, 5.41) is 10.9. The van der Waals surface area contributed by atoms with E-state index in [1.807, 2.05) is 30.3 Å². The van der Waals surface area contributed by atoms with Gasteiger partial charge in [-0.15, -0.1) is 0 Å². The van der Waals surface area contributed by atoms with Crippen LogP contribution in [0.5, 0.6) is 0 Å².